The van der Waals surface area contributed by atoms with Crippen molar-refractivity contribution in [3.8, 4) is 0 Å². The molecule has 0 radical (unpaired) electrons. The van der Waals surface area contributed by atoms with Crippen molar-refractivity contribution in [1.29, 1.82) is 0 Å². The molecule has 0 aliphatic rings. The number of carbonyl (C=O) groups excluding carboxylic acids is 2. The molecule has 4 nitrogen and oxygen atoms in total. The van der Waals surface area contributed by atoms with E-state index < -0.39 is 22.8 Å². The number of rotatable bonds is 14. The fourth-order valence-corrected chi connectivity index (χ4v) is 4.23. The van der Waals surface area contributed by atoms with Crippen molar-refractivity contribution in [3.63, 3.8) is 0 Å². The maximum absolute atomic E-state index is 11.1. The van der Waals surface area contributed by atoms with Crippen LogP contribution in [0.2, 0.25) is 0 Å². The summed E-state index contributed by atoms with van der Waals surface area (Å²) in [4.78, 5) is 22.2. The van der Waals surface area contributed by atoms with Crippen molar-refractivity contribution in [2.75, 3.05) is 0 Å². The van der Waals surface area contributed by atoms with Gasteiger partial charge in [0.15, 0.2) is 0 Å². The maximum Gasteiger partial charge on any atom is 2.00 e. The zero-order valence-corrected chi connectivity index (χ0v) is 23.3. The molecule has 0 aromatic heterocycles. The molecule has 0 N–H and O–H groups in total. The molecule has 0 fully saturated rings. The molecule has 0 unspecified atom stereocenters. The van der Waals surface area contributed by atoms with Crippen LogP contribution in [0.1, 0.15) is 119 Å². The van der Waals surface area contributed by atoms with Crippen LogP contribution in [0.3, 0.4) is 0 Å². The van der Waals surface area contributed by atoms with Crippen molar-refractivity contribution in [2.24, 2.45) is 10.8 Å². The molecule has 0 spiro atoms. The molecule has 0 aromatic rings. The van der Waals surface area contributed by atoms with Crippen LogP contribution >= 0.6 is 0 Å². The number of carboxylic acids is 2. The van der Waals surface area contributed by atoms with E-state index in [2.05, 4.69) is 0 Å². The van der Waals surface area contributed by atoms with Gasteiger partial charge in [-0.15, -0.1) is 0 Å². The number of hydrogen-bond donors (Lipinski definition) is 0. The molecule has 0 aromatic carbocycles. The fraction of sp³-hybridized carbons (Fsp3) is 0.909. The Bertz CT molecular complexity index is 312. The molecular weight excluding hydrogens is 466 g/mol. The monoisotopic (exact) mass is 508 g/mol. The largest absolute Gasteiger partial charge is 2.00 e. The predicted molar refractivity (Wildman–Crippen MR) is 110 cm³/mol. The second kappa shape index (κ2) is 18.5. The van der Waals surface area contributed by atoms with Gasteiger partial charge in [-0.3, -0.25) is 0 Å². The average molecular weight is 508 g/mol. The number of carbonyl (C=O) groups is 2. The first-order valence-electron chi connectivity index (χ1n) is 10.7. The van der Waals surface area contributed by atoms with Gasteiger partial charge in [0.1, 0.15) is 0 Å². The third kappa shape index (κ3) is 11.9. The van der Waals surface area contributed by atoms with E-state index in [0.29, 0.717) is 0 Å². The summed E-state index contributed by atoms with van der Waals surface area (Å²) >= 11 is 0. The van der Waals surface area contributed by atoms with Gasteiger partial charge in [-0.05, 0) is 38.5 Å². The van der Waals surface area contributed by atoms with Gasteiger partial charge < -0.3 is 19.8 Å². The Morgan fingerprint density at radius 3 is 0.741 bits per heavy atom. The average Bonchev–Trinajstić information content (AvgIpc) is 2.56. The van der Waals surface area contributed by atoms with E-state index in [1.807, 2.05) is 41.5 Å². The van der Waals surface area contributed by atoms with Crippen LogP contribution in [0, 0.1) is 10.8 Å². The minimum absolute atomic E-state index is 0. The van der Waals surface area contributed by atoms with Gasteiger partial charge in [0.25, 0.3) is 0 Å². The molecule has 0 atom stereocenters. The Morgan fingerprint density at radius 2 is 0.667 bits per heavy atom. The van der Waals surface area contributed by atoms with Gasteiger partial charge in [0, 0.05) is 22.8 Å². The van der Waals surface area contributed by atoms with E-state index in [4.69, 9.17) is 0 Å². The SMILES string of the molecule is CCCC(CCC)(CCC)C(=O)[O-].CCCC(CCC)(CCC)C(=O)[O-].[Ba+2]. The number of hydrogen-bond acceptors (Lipinski definition) is 4. The van der Waals surface area contributed by atoms with Gasteiger partial charge in [-0.1, -0.05) is 80.1 Å². The van der Waals surface area contributed by atoms with Crippen molar-refractivity contribution < 1.29 is 19.8 Å². The number of aliphatic carboxylic acids is 2. The smallest absolute Gasteiger partial charge is 0.550 e. The van der Waals surface area contributed by atoms with Gasteiger partial charge >= 0.3 is 48.9 Å². The molecule has 27 heavy (non-hydrogen) atoms. The minimum Gasteiger partial charge on any atom is -0.550 e. The topological polar surface area (TPSA) is 80.3 Å². The Hall–Kier alpha value is 0.511. The van der Waals surface area contributed by atoms with E-state index in [0.717, 1.165) is 77.0 Å². The Morgan fingerprint density at radius 1 is 0.519 bits per heavy atom. The van der Waals surface area contributed by atoms with Crippen molar-refractivity contribution in [3.05, 3.63) is 0 Å². The van der Waals surface area contributed by atoms with Crippen LogP contribution in [0.4, 0.5) is 0 Å². The Balaban J connectivity index is -0.000000411. The Labute approximate surface area is 208 Å². The first-order valence-corrected chi connectivity index (χ1v) is 10.7. The predicted octanol–water partition coefficient (Wildman–Crippen LogP) is 3.87. The van der Waals surface area contributed by atoms with E-state index in [-0.39, 0.29) is 48.9 Å². The molecule has 0 aliphatic carbocycles. The van der Waals surface area contributed by atoms with Crippen molar-refractivity contribution in [2.45, 2.75) is 119 Å². The fourth-order valence-electron chi connectivity index (χ4n) is 4.23. The molecule has 0 aliphatic heterocycles. The summed E-state index contributed by atoms with van der Waals surface area (Å²) < 4.78 is 0. The van der Waals surface area contributed by atoms with Crippen LogP contribution < -0.4 is 10.2 Å². The third-order valence-electron chi connectivity index (χ3n) is 5.24. The van der Waals surface area contributed by atoms with Gasteiger partial charge in [-0.2, -0.15) is 0 Å². The summed E-state index contributed by atoms with van der Waals surface area (Å²) in [5.41, 5.74) is -1.09. The first kappa shape index (κ1) is 32.2. The van der Waals surface area contributed by atoms with Crippen LogP contribution in [0.5, 0.6) is 0 Å². The summed E-state index contributed by atoms with van der Waals surface area (Å²) in [6.45, 7) is 12.2. The second-order valence-corrected chi connectivity index (χ2v) is 7.64. The summed E-state index contributed by atoms with van der Waals surface area (Å²) in [5, 5.41) is 22.2. The zero-order chi connectivity index (χ0) is 20.6. The minimum atomic E-state index is -0.849. The molecule has 0 amide bonds. The molecule has 0 saturated carbocycles. The van der Waals surface area contributed by atoms with Gasteiger partial charge in [-0.25, -0.2) is 0 Å². The zero-order valence-electron chi connectivity index (χ0n) is 18.8. The van der Waals surface area contributed by atoms with E-state index in [1.165, 1.54) is 0 Å². The van der Waals surface area contributed by atoms with E-state index in [1.54, 1.807) is 0 Å². The van der Waals surface area contributed by atoms with E-state index >= 15 is 0 Å². The van der Waals surface area contributed by atoms with Crippen LogP contribution in [-0.4, -0.2) is 60.8 Å². The van der Waals surface area contributed by atoms with Crippen LogP contribution in [0.25, 0.3) is 0 Å². The molecule has 0 bridgehead atoms. The molecule has 5 heteroatoms. The molecule has 0 rings (SSSR count). The summed E-state index contributed by atoms with van der Waals surface area (Å²) in [7, 11) is 0. The summed E-state index contributed by atoms with van der Waals surface area (Å²) in [6, 6.07) is 0. The van der Waals surface area contributed by atoms with Gasteiger partial charge in [0.05, 0.1) is 0 Å². The third-order valence-corrected chi connectivity index (χ3v) is 5.24. The maximum atomic E-state index is 11.1. The van der Waals surface area contributed by atoms with Crippen molar-refractivity contribution >= 4 is 60.8 Å². The molecule has 156 valence electrons. The summed E-state index contributed by atoms with van der Waals surface area (Å²) in [6.07, 6.45) is 10.1. The second-order valence-electron chi connectivity index (χ2n) is 7.64. The van der Waals surface area contributed by atoms with Crippen molar-refractivity contribution in [1.82, 2.24) is 0 Å². The molecule has 0 saturated heterocycles. The van der Waals surface area contributed by atoms with Crippen LogP contribution in [-0.2, 0) is 9.59 Å². The normalized spacial score (nSPS) is 11.2. The molecular formula is C22H42BaO4. The van der Waals surface area contributed by atoms with E-state index in [9.17, 15) is 19.8 Å². The summed E-state index contributed by atoms with van der Waals surface area (Å²) in [5.74, 6) is -1.70. The first-order chi connectivity index (χ1) is 12.3. The standard InChI is InChI=1S/2C11H22O2.Ba/c2*1-4-7-11(8-5-2,9-6-3)10(12)13;/h2*4-9H2,1-3H3,(H,12,13);/q;;+2/p-2. The quantitative estimate of drug-likeness (QED) is 0.334. The Kier molecular flexibility index (Phi) is 22.1. The number of carboxylic acid groups (broad SMARTS) is 2. The molecule has 0 heterocycles. The van der Waals surface area contributed by atoms with Gasteiger partial charge in [0.2, 0.25) is 0 Å². The van der Waals surface area contributed by atoms with Crippen LogP contribution in [0.15, 0.2) is 0 Å².